The van der Waals surface area contributed by atoms with Crippen LogP contribution in [0.2, 0.25) is 0 Å². The van der Waals surface area contributed by atoms with Gasteiger partial charge in [0.15, 0.2) is 0 Å². The smallest absolute Gasteiger partial charge is 0.328 e. The van der Waals surface area contributed by atoms with Gasteiger partial charge in [0, 0.05) is 40.0 Å². The Balaban J connectivity index is 1.24. The van der Waals surface area contributed by atoms with Gasteiger partial charge in [0.1, 0.15) is 18.5 Å². The highest BCUT2D eigenvalue weighted by atomic mass is 32.2. The molecule has 0 saturated carbocycles. The summed E-state index contributed by atoms with van der Waals surface area (Å²) < 4.78 is 10.6. The van der Waals surface area contributed by atoms with Crippen molar-refractivity contribution in [3.05, 3.63) is 64.1 Å². The summed E-state index contributed by atoms with van der Waals surface area (Å²) in [4.78, 5) is 12.1. The van der Waals surface area contributed by atoms with Crippen molar-refractivity contribution in [1.29, 1.82) is 0 Å². The van der Waals surface area contributed by atoms with E-state index in [0.29, 0.717) is 11.3 Å². The second-order valence-electron chi connectivity index (χ2n) is 7.73. The molecule has 0 saturated heterocycles. The van der Waals surface area contributed by atoms with Gasteiger partial charge in [-0.05, 0) is 45.8 Å². The van der Waals surface area contributed by atoms with Crippen molar-refractivity contribution in [2.24, 2.45) is 21.1 Å². The number of aliphatic hydroxyl groups excluding tert-OH is 1. The van der Waals surface area contributed by atoms with Gasteiger partial charge < -0.3 is 15.2 Å². The molecule has 2 aromatic heterocycles. The van der Waals surface area contributed by atoms with Crippen molar-refractivity contribution in [1.82, 2.24) is 34.7 Å². The highest BCUT2D eigenvalue weighted by molar-refractivity contribution is 7.99. The number of aromatic nitrogens is 6. The number of tetrazole rings is 1. The number of fused-ring (bicyclic) bond motifs is 1. The maximum atomic E-state index is 12.1. The Kier molecular flexibility index (Phi) is 7.11. The van der Waals surface area contributed by atoms with E-state index < -0.39 is 6.10 Å². The van der Waals surface area contributed by atoms with Crippen LogP contribution in [-0.4, -0.2) is 53.4 Å². The summed E-state index contributed by atoms with van der Waals surface area (Å²) in [5, 5.41) is 26.1. The van der Waals surface area contributed by atoms with E-state index in [0.717, 1.165) is 40.6 Å². The first-order valence-corrected chi connectivity index (χ1v) is 11.5. The number of rotatable bonds is 10. The Morgan fingerprint density at radius 2 is 1.85 bits per heavy atom. The zero-order valence-corrected chi connectivity index (χ0v) is 19.6. The van der Waals surface area contributed by atoms with Crippen LogP contribution in [0.4, 0.5) is 0 Å². The lowest BCUT2D eigenvalue weighted by Gasteiger charge is -2.13. The number of hydrogen-bond acceptors (Lipinski definition) is 8. The summed E-state index contributed by atoms with van der Waals surface area (Å²) in [7, 11) is 5.28. The van der Waals surface area contributed by atoms with Crippen molar-refractivity contribution < 1.29 is 9.84 Å². The number of aryl methyl sites for hydroxylation is 3. The van der Waals surface area contributed by atoms with E-state index in [4.69, 9.17) is 4.74 Å². The summed E-state index contributed by atoms with van der Waals surface area (Å²) in [5.74, 6) is 1.56. The highest BCUT2D eigenvalue weighted by Crippen LogP contribution is 2.21. The van der Waals surface area contributed by atoms with Crippen LogP contribution in [-0.2, 0) is 27.7 Å². The van der Waals surface area contributed by atoms with Crippen LogP contribution in [0.25, 0.3) is 11.0 Å². The molecule has 33 heavy (non-hydrogen) atoms. The summed E-state index contributed by atoms with van der Waals surface area (Å²) in [6, 6.07) is 13.3. The zero-order chi connectivity index (χ0) is 23.4. The fraction of sp³-hybridized carbons (Fsp3) is 0.364. The largest absolute Gasteiger partial charge is 0.491 e. The SMILES string of the molecule is Cn1nnnc1SCCNCc1ccc(OC[C@H](O)c2ccc3c(c2)n(C)c(=O)n3C)cc1. The Bertz CT molecular complexity index is 1280. The molecule has 0 radical (unpaired) electrons. The molecule has 2 heterocycles. The molecule has 2 N–H and O–H groups in total. The molecular weight excluding hydrogens is 442 g/mol. The van der Waals surface area contributed by atoms with Gasteiger partial charge >= 0.3 is 5.69 Å². The molecule has 0 fully saturated rings. The molecule has 11 heteroatoms. The number of benzene rings is 2. The topological polar surface area (TPSA) is 112 Å². The van der Waals surface area contributed by atoms with Gasteiger partial charge in [-0.3, -0.25) is 9.13 Å². The van der Waals surface area contributed by atoms with E-state index >= 15 is 0 Å². The van der Waals surface area contributed by atoms with Gasteiger partial charge in [-0.25, -0.2) is 9.48 Å². The average Bonchev–Trinajstić information content (AvgIpc) is 3.34. The number of nitrogens with zero attached hydrogens (tertiary/aromatic N) is 6. The molecule has 1 atom stereocenters. The summed E-state index contributed by atoms with van der Waals surface area (Å²) in [6.07, 6.45) is -0.798. The molecule has 0 aliphatic heterocycles. The molecule has 174 valence electrons. The van der Waals surface area contributed by atoms with Crippen molar-refractivity contribution in [3.8, 4) is 5.75 Å². The minimum atomic E-state index is -0.798. The summed E-state index contributed by atoms with van der Waals surface area (Å²) in [6.45, 7) is 1.70. The van der Waals surface area contributed by atoms with E-state index in [2.05, 4.69) is 20.8 Å². The molecule has 0 aliphatic rings. The number of hydrogen-bond donors (Lipinski definition) is 2. The van der Waals surface area contributed by atoms with E-state index in [1.54, 1.807) is 39.7 Å². The normalized spacial score (nSPS) is 12.4. The van der Waals surface area contributed by atoms with Crippen molar-refractivity contribution in [2.75, 3.05) is 18.9 Å². The maximum Gasteiger partial charge on any atom is 0.328 e. The van der Waals surface area contributed by atoms with Crippen molar-refractivity contribution in [2.45, 2.75) is 17.8 Å². The van der Waals surface area contributed by atoms with Crippen LogP contribution in [0.3, 0.4) is 0 Å². The first-order valence-electron chi connectivity index (χ1n) is 10.5. The standard InChI is InChI=1S/C22H27N7O3S/c1-27-18-9-6-16(12-19(18)28(2)22(27)31)20(30)14-32-17-7-4-15(5-8-17)13-23-10-11-33-21-24-25-26-29(21)3/h4-9,12,20,23,30H,10-11,13-14H2,1-3H3/t20-/m0/s1. The lowest BCUT2D eigenvalue weighted by molar-refractivity contribution is 0.108. The number of thioether (sulfide) groups is 1. The number of imidazole rings is 1. The molecule has 0 aliphatic carbocycles. The third-order valence-electron chi connectivity index (χ3n) is 5.43. The summed E-state index contributed by atoms with van der Waals surface area (Å²) in [5.41, 5.74) is 3.36. The molecule has 4 rings (SSSR count). The summed E-state index contributed by atoms with van der Waals surface area (Å²) >= 11 is 1.60. The Hall–Kier alpha value is -3.15. The number of nitrogens with one attached hydrogen (secondary N) is 1. The molecule has 0 spiro atoms. The molecule has 10 nitrogen and oxygen atoms in total. The van der Waals surface area contributed by atoms with E-state index in [1.807, 2.05) is 49.5 Å². The lowest BCUT2D eigenvalue weighted by atomic mass is 10.1. The quantitative estimate of drug-likeness (QED) is 0.265. The second-order valence-corrected chi connectivity index (χ2v) is 8.79. The third-order valence-corrected chi connectivity index (χ3v) is 6.44. The number of aliphatic hydroxyl groups is 1. The molecule has 0 bridgehead atoms. The fourth-order valence-corrected chi connectivity index (χ4v) is 4.24. The Labute approximate surface area is 195 Å². The van der Waals surface area contributed by atoms with Crippen LogP contribution >= 0.6 is 11.8 Å². The average molecular weight is 470 g/mol. The maximum absolute atomic E-state index is 12.1. The zero-order valence-electron chi connectivity index (χ0n) is 18.8. The minimum Gasteiger partial charge on any atom is -0.491 e. The van der Waals surface area contributed by atoms with E-state index in [-0.39, 0.29) is 12.3 Å². The van der Waals surface area contributed by atoms with Gasteiger partial charge in [-0.15, -0.1) is 5.10 Å². The molecule has 0 amide bonds. The molecular formula is C22H27N7O3S. The van der Waals surface area contributed by atoms with E-state index in [9.17, 15) is 9.90 Å². The van der Waals surface area contributed by atoms with Gasteiger partial charge in [0.2, 0.25) is 5.16 Å². The van der Waals surface area contributed by atoms with Crippen LogP contribution in [0, 0.1) is 0 Å². The Morgan fingerprint density at radius 3 is 2.58 bits per heavy atom. The van der Waals surface area contributed by atoms with Crippen LogP contribution < -0.4 is 15.7 Å². The fourth-order valence-electron chi connectivity index (χ4n) is 3.50. The number of ether oxygens (including phenoxy) is 1. The van der Waals surface area contributed by atoms with E-state index in [1.165, 1.54) is 0 Å². The second kappa shape index (κ2) is 10.2. The molecule has 4 aromatic rings. The van der Waals surface area contributed by atoms with Crippen molar-refractivity contribution in [3.63, 3.8) is 0 Å². The van der Waals surface area contributed by atoms with Crippen LogP contribution in [0.5, 0.6) is 5.75 Å². The predicted octanol–water partition coefficient (Wildman–Crippen LogP) is 1.39. The molecule has 2 aromatic carbocycles. The first kappa shape index (κ1) is 23.0. The van der Waals surface area contributed by atoms with Gasteiger partial charge in [-0.1, -0.05) is 30.0 Å². The highest BCUT2D eigenvalue weighted by Gasteiger charge is 2.13. The van der Waals surface area contributed by atoms with Crippen molar-refractivity contribution >= 4 is 22.8 Å². The third kappa shape index (κ3) is 5.27. The Morgan fingerprint density at radius 1 is 1.09 bits per heavy atom. The van der Waals surface area contributed by atoms with Gasteiger partial charge in [-0.2, -0.15) is 0 Å². The first-order chi connectivity index (χ1) is 15.9. The van der Waals surface area contributed by atoms with Gasteiger partial charge in [0.25, 0.3) is 0 Å². The minimum absolute atomic E-state index is 0.0936. The molecule has 0 unspecified atom stereocenters. The lowest BCUT2D eigenvalue weighted by Crippen LogP contribution is -2.19. The van der Waals surface area contributed by atoms with Gasteiger partial charge in [0.05, 0.1) is 11.0 Å². The van der Waals surface area contributed by atoms with Crippen LogP contribution in [0.1, 0.15) is 17.2 Å². The monoisotopic (exact) mass is 469 g/mol. The predicted molar refractivity (Wildman–Crippen MR) is 126 cm³/mol. The van der Waals surface area contributed by atoms with Crippen LogP contribution in [0.15, 0.2) is 52.4 Å².